The number of anilines is 1. The zero-order valence-corrected chi connectivity index (χ0v) is 16.7. The fourth-order valence-electron chi connectivity index (χ4n) is 3.60. The van der Waals surface area contributed by atoms with Gasteiger partial charge < -0.3 is 15.4 Å². The molecule has 4 rings (SSSR count). The van der Waals surface area contributed by atoms with Crippen LogP contribution in [0.2, 0.25) is 0 Å². The average Bonchev–Trinajstić information content (AvgIpc) is 3.25. The van der Waals surface area contributed by atoms with E-state index in [1.165, 1.54) is 17.5 Å². The van der Waals surface area contributed by atoms with Gasteiger partial charge in [0.15, 0.2) is 6.61 Å². The Morgan fingerprint density at radius 2 is 1.70 bits per heavy atom. The normalized spacial score (nSPS) is 12.1. The third-order valence-corrected chi connectivity index (χ3v) is 5.14. The van der Waals surface area contributed by atoms with Gasteiger partial charge in [-0.1, -0.05) is 42.5 Å². The van der Waals surface area contributed by atoms with E-state index in [-0.39, 0.29) is 18.4 Å². The largest absolute Gasteiger partial charge is 0.484 e. The lowest BCUT2D eigenvalue weighted by atomic mass is 10.1. The molecule has 0 spiro atoms. The number of ether oxygens (including phenoxy) is 1. The van der Waals surface area contributed by atoms with Gasteiger partial charge in [-0.25, -0.2) is 0 Å². The molecule has 5 nitrogen and oxygen atoms in total. The van der Waals surface area contributed by atoms with Gasteiger partial charge in [-0.3, -0.25) is 9.59 Å². The van der Waals surface area contributed by atoms with Gasteiger partial charge in [0.1, 0.15) is 5.75 Å². The van der Waals surface area contributed by atoms with E-state index in [1.54, 1.807) is 24.3 Å². The lowest BCUT2D eigenvalue weighted by molar-refractivity contribution is -0.118. The number of amides is 2. The standard InChI is InChI=1S/C25H24N2O3/c28-24(27-22-13-12-19-8-4-9-20(19)14-22)17-30-23-11-5-10-21(15-23)25(29)26-16-18-6-2-1-3-7-18/h1-3,5-7,10-15H,4,8-9,16-17H2,(H,26,29)(H,27,28). The second-order valence-corrected chi connectivity index (χ2v) is 7.37. The number of fused-ring (bicyclic) bond motifs is 1. The van der Waals surface area contributed by atoms with Crippen LogP contribution in [0.25, 0.3) is 0 Å². The molecule has 3 aromatic carbocycles. The molecule has 0 atom stereocenters. The van der Waals surface area contributed by atoms with Gasteiger partial charge >= 0.3 is 0 Å². The number of carbonyl (C=O) groups excluding carboxylic acids is 2. The van der Waals surface area contributed by atoms with Crippen LogP contribution in [0.5, 0.6) is 5.75 Å². The highest BCUT2D eigenvalue weighted by Crippen LogP contribution is 2.24. The Kier molecular flexibility index (Phi) is 6.09. The number of carbonyl (C=O) groups is 2. The van der Waals surface area contributed by atoms with Crippen molar-refractivity contribution >= 4 is 17.5 Å². The first-order valence-corrected chi connectivity index (χ1v) is 10.1. The van der Waals surface area contributed by atoms with Crippen LogP contribution in [0.15, 0.2) is 72.8 Å². The summed E-state index contributed by atoms with van der Waals surface area (Å²) in [5.74, 6) is 0.0604. The van der Waals surface area contributed by atoms with E-state index >= 15 is 0 Å². The zero-order chi connectivity index (χ0) is 20.8. The van der Waals surface area contributed by atoms with Crippen molar-refractivity contribution in [1.82, 2.24) is 5.32 Å². The van der Waals surface area contributed by atoms with E-state index in [2.05, 4.69) is 16.7 Å². The minimum absolute atomic E-state index is 0.119. The second kappa shape index (κ2) is 9.27. The molecule has 0 heterocycles. The Hall–Kier alpha value is -3.60. The fourth-order valence-corrected chi connectivity index (χ4v) is 3.60. The first-order chi connectivity index (χ1) is 14.7. The van der Waals surface area contributed by atoms with Crippen molar-refractivity contribution in [3.05, 3.63) is 95.1 Å². The van der Waals surface area contributed by atoms with Crippen LogP contribution in [0.1, 0.15) is 33.5 Å². The van der Waals surface area contributed by atoms with Crippen LogP contribution in [0.4, 0.5) is 5.69 Å². The van der Waals surface area contributed by atoms with Crippen molar-refractivity contribution < 1.29 is 14.3 Å². The molecular formula is C25H24N2O3. The van der Waals surface area contributed by atoms with Crippen molar-refractivity contribution in [3.63, 3.8) is 0 Å². The van der Waals surface area contributed by atoms with E-state index in [9.17, 15) is 9.59 Å². The molecule has 1 aliphatic carbocycles. The van der Waals surface area contributed by atoms with Gasteiger partial charge in [0.2, 0.25) is 0 Å². The monoisotopic (exact) mass is 400 g/mol. The van der Waals surface area contributed by atoms with Crippen molar-refractivity contribution in [3.8, 4) is 5.75 Å². The second-order valence-electron chi connectivity index (χ2n) is 7.37. The van der Waals surface area contributed by atoms with Crippen LogP contribution in [-0.4, -0.2) is 18.4 Å². The minimum atomic E-state index is -0.230. The molecule has 0 aliphatic heterocycles. The van der Waals surface area contributed by atoms with Crippen LogP contribution >= 0.6 is 0 Å². The maximum atomic E-state index is 12.4. The molecule has 0 aromatic heterocycles. The Balaban J connectivity index is 1.29. The smallest absolute Gasteiger partial charge is 0.262 e. The number of rotatable bonds is 7. The molecule has 5 heteroatoms. The van der Waals surface area contributed by atoms with Gasteiger partial charge in [0, 0.05) is 17.8 Å². The minimum Gasteiger partial charge on any atom is -0.484 e. The van der Waals surface area contributed by atoms with Gasteiger partial charge in [0.25, 0.3) is 11.8 Å². The number of aryl methyl sites for hydroxylation is 2. The van der Waals surface area contributed by atoms with Crippen molar-refractivity contribution in [1.29, 1.82) is 0 Å². The van der Waals surface area contributed by atoms with Crippen molar-refractivity contribution in [2.45, 2.75) is 25.8 Å². The fraction of sp³-hybridized carbons (Fsp3) is 0.200. The third kappa shape index (κ3) is 5.06. The van der Waals surface area contributed by atoms with E-state index in [4.69, 9.17) is 4.74 Å². The molecule has 2 amide bonds. The SMILES string of the molecule is O=C(COc1cccc(C(=O)NCc2ccccc2)c1)Nc1ccc2c(c1)CCC2. The Morgan fingerprint density at radius 1 is 0.867 bits per heavy atom. The summed E-state index contributed by atoms with van der Waals surface area (Å²) in [5, 5.41) is 5.76. The predicted molar refractivity (Wildman–Crippen MR) is 117 cm³/mol. The number of hydrogen-bond acceptors (Lipinski definition) is 3. The summed E-state index contributed by atoms with van der Waals surface area (Å²) >= 11 is 0. The average molecular weight is 400 g/mol. The third-order valence-electron chi connectivity index (χ3n) is 5.14. The summed E-state index contributed by atoms with van der Waals surface area (Å²) < 4.78 is 5.59. The number of hydrogen-bond donors (Lipinski definition) is 2. The molecule has 30 heavy (non-hydrogen) atoms. The highest BCUT2D eigenvalue weighted by Gasteiger charge is 2.12. The van der Waals surface area contributed by atoms with E-state index in [0.717, 1.165) is 24.1 Å². The van der Waals surface area contributed by atoms with E-state index in [1.807, 2.05) is 42.5 Å². The molecule has 0 bridgehead atoms. The summed E-state index contributed by atoms with van der Waals surface area (Å²) in [4.78, 5) is 24.6. The highest BCUT2D eigenvalue weighted by atomic mass is 16.5. The van der Waals surface area contributed by atoms with Gasteiger partial charge in [0.05, 0.1) is 0 Å². The Bertz CT molecular complexity index is 1050. The molecule has 0 unspecified atom stereocenters. The van der Waals surface area contributed by atoms with E-state index in [0.29, 0.717) is 17.9 Å². The summed E-state index contributed by atoms with van der Waals surface area (Å²) in [6, 6.07) is 22.6. The van der Waals surface area contributed by atoms with Crippen LogP contribution < -0.4 is 15.4 Å². The molecule has 0 radical (unpaired) electrons. The van der Waals surface area contributed by atoms with Gasteiger partial charge in [-0.15, -0.1) is 0 Å². The number of benzene rings is 3. The maximum Gasteiger partial charge on any atom is 0.262 e. The molecule has 0 fully saturated rings. The Morgan fingerprint density at radius 3 is 2.57 bits per heavy atom. The van der Waals surface area contributed by atoms with Crippen LogP contribution in [-0.2, 0) is 24.2 Å². The molecule has 3 aromatic rings. The predicted octanol–water partition coefficient (Wildman–Crippen LogP) is 4.12. The zero-order valence-electron chi connectivity index (χ0n) is 16.7. The molecular weight excluding hydrogens is 376 g/mol. The lowest BCUT2D eigenvalue weighted by Crippen LogP contribution is -2.23. The van der Waals surface area contributed by atoms with E-state index < -0.39 is 0 Å². The molecule has 152 valence electrons. The lowest BCUT2D eigenvalue weighted by Gasteiger charge is -2.10. The van der Waals surface area contributed by atoms with Crippen molar-refractivity contribution in [2.75, 3.05) is 11.9 Å². The quantitative estimate of drug-likeness (QED) is 0.627. The van der Waals surface area contributed by atoms with Crippen LogP contribution in [0.3, 0.4) is 0 Å². The summed E-state index contributed by atoms with van der Waals surface area (Å²) in [7, 11) is 0. The van der Waals surface area contributed by atoms with Gasteiger partial charge in [-0.05, 0) is 66.3 Å². The molecule has 0 saturated heterocycles. The summed E-state index contributed by atoms with van der Waals surface area (Å²) in [5.41, 5.74) is 4.98. The number of nitrogens with one attached hydrogen (secondary N) is 2. The van der Waals surface area contributed by atoms with Gasteiger partial charge in [-0.2, -0.15) is 0 Å². The molecule has 2 N–H and O–H groups in total. The molecule has 0 saturated carbocycles. The summed E-state index contributed by atoms with van der Waals surface area (Å²) in [6.07, 6.45) is 3.35. The first-order valence-electron chi connectivity index (χ1n) is 10.1. The molecule has 1 aliphatic rings. The maximum absolute atomic E-state index is 12.4. The Labute approximate surface area is 176 Å². The topological polar surface area (TPSA) is 67.4 Å². The highest BCUT2D eigenvalue weighted by molar-refractivity contribution is 5.94. The van der Waals surface area contributed by atoms with Crippen molar-refractivity contribution in [2.24, 2.45) is 0 Å². The van der Waals surface area contributed by atoms with Crippen LogP contribution in [0, 0.1) is 0 Å². The summed E-state index contributed by atoms with van der Waals surface area (Å²) in [6.45, 7) is 0.333. The first kappa shape index (κ1) is 19.7.